The first kappa shape index (κ1) is 14.3. The van der Waals surface area contributed by atoms with Crippen molar-refractivity contribution in [1.29, 1.82) is 0 Å². The van der Waals surface area contributed by atoms with Gasteiger partial charge in [-0.05, 0) is 0 Å². The molecule has 0 bridgehead atoms. The number of nitrogens with zero attached hydrogens (tertiary/aromatic N) is 4. The van der Waals surface area contributed by atoms with Crippen LogP contribution in [0.2, 0.25) is 15.5 Å². The molecule has 0 aliphatic carbocycles. The third-order valence-corrected chi connectivity index (χ3v) is 4.49. The van der Waals surface area contributed by atoms with Crippen molar-refractivity contribution in [2.75, 3.05) is 4.72 Å². The van der Waals surface area contributed by atoms with Gasteiger partial charge in [0.25, 0.3) is 10.0 Å². The first-order valence-corrected chi connectivity index (χ1v) is 7.30. The standard InChI is InChI=1S/C8H6Cl3N5O2S/c1-16-3-14-8(7(16)11)19(17,18)15-4-5(9)12-2-13-6(4)10/h2-3,15H,1H3. The summed E-state index contributed by atoms with van der Waals surface area (Å²) >= 11 is 17.3. The van der Waals surface area contributed by atoms with Crippen LogP contribution in [-0.4, -0.2) is 27.9 Å². The van der Waals surface area contributed by atoms with E-state index in [0.717, 1.165) is 6.33 Å². The van der Waals surface area contributed by atoms with Crippen LogP contribution in [0.15, 0.2) is 17.7 Å². The Labute approximate surface area is 123 Å². The van der Waals surface area contributed by atoms with Crippen LogP contribution in [0, 0.1) is 0 Å². The highest BCUT2D eigenvalue weighted by Crippen LogP contribution is 2.29. The van der Waals surface area contributed by atoms with Crippen LogP contribution in [0.3, 0.4) is 0 Å². The fourth-order valence-electron chi connectivity index (χ4n) is 1.19. The molecule has 0 unspecified atom stereocenters. The molecule has 0 atom stereocenters. The van der Waals surface area contributed by atoms with Gasteiger partial charge in [0.05, 0.1) is 6.33 Å². The van der Waals surface area contributed by atoms with Gasteiger partial charge in [0.15, 0.2) is 10.3 Å². The summed E-state index contributed by atoms with van der Waals surface area (Å²) in [5, 5.41) is -0.643. The van der Waals surface area contributed by atoms with E-state index in [1.165, 1.54) is 10.9 Å². The molecular formula is C8H6Cl3N5O2S. The van der Waals surface area contributed by atoms with Crippen molar-refractivity contribution < 1.29 is 8.42 Å². The van der Waals surface area contributed by atoms with Crippen molar-refractivity contribution in [1.82, 2.24) is 19.5 Å². The van der Waals surface area contributed by atoms with E-state index in [4.69, 9.17) is 34.8 Å². The first-order chi connectivity index (χ1) is 8.83. The summed E-state index contributed by atoms with van der Waals surface area (Å²) in [6.07, 6.45) is 2.37. The Morgan fingerprint density at radius 2 is 1.74 bits per heavy atom. The Kier molecular flexibility index (Phi) is 3.86. The van der Waals surface area contributed by atoms with Gasteiger partial charge < -0.3 is 4.57 Å². The maximum atomic E-state index is 12.1. The Morgan fingerprint density at radius 1 is 1.16 bits per heavy atom. The Morgan fingerprint density at radius 3 is 2.21 bits per heavy atom. The van der Waals surface area contributed by atoms with E-state index in [-0.39, 0.29) is 26.2 Å². The van der Waals surface area contributed by atoms with Crippen molar-refractivity contribution in [3.8, 4) is 0 Å². The lowest BCUT2D eigenvalue weighted by molar-refractivity contribution is 0.598. The molecule has 102 valence electrons. The van der Waals surface area contributed by atoms with Crippen molar-refractivity contribution >= 4 is 50.5 Å². The topological polar surface area (TPSA) is 89.8 Å². The maximum Gasteiger partial charge on any atom is 0.282 e. The molecule has 0 saturated heterocycles. The SMILES string of the molecule is Cn1cnc(S(=O)(=O)Nc2c(Cl)ncnc2Cl)c1Cl. The third kappa shape index (κ3) is 2.76. The second kappa shape index (κ2) is 5.12. The monoisotopic (exact) mass is 341 g/mol. The number of hydrogen-bond acceptors (Lipinski definition) is 5. The largest absolute Gasteiger partial charge is 0.324 e. The van der Waals surface area contributed by atoms with Crippen molar-refractivity contribution in [3.05, 3.63) is 28.1 Å². The third-order valence-electron chi connectivity index (χ3n) is 2.08. The number of imidazole rings is 1. The Bertz CT molecular complexity index is 710. The van der Waals surface area contributed by atoms with Crippen LogP contribution in [-0.2, 0) is 17.1 Å². The van der Waals surface area contributed by atoms with Gasteiger partial charge in [-0.3, -0.25) is 4.72 Å². The molecule has 0 aliphatic rings. The number of rotatable bonds is 3. The smallest absolute Gasteiger partial charge is 0.282 e. The van der Waals surface area contributed by atoms with Crippen LogP contribution in [0.5, 0.6) is 0 Å². The van der Waals surface area contributed by atoms with Gasteiger partial charge in [-0.1, -0.05) is 34.8 Å². The van der Waals surface area contributed by atoms with E-state index >= 15 is 0 Å². The number of aryl methyl sites for hydroxylation is 1. The molecule has 7 nitrogen and oxygen atoms in total. The summed E-state index contributed by atoms with van der Waals surface area (Å²) in [5.74, 6) is 0. The number of anilines is 1. The minimum atomic E-state index is -4.03. The van der Waals surface area contributed by atoms with Gasteiger partial charge in [0, 0.05) is 7.05 Å². The summed E-state index contributed by atoms with van der Waals surface area (Å²) in [7, 11) is -2.48. The summed E-state index contributed by atoms with van der Waals surface area (Å²) < 4.78 is 27.7. The molecule has 2 aromatic rings. The van der Waals surface area contributed by atoms with E-state index in [1.807, 2.05) is 0 Å². The highest BCUT2D eigenvalue weighted by atomic mass is 35.5. The summed E-state index contributed by atoms with van der Waals surface area (Å²) in [4.78, 5) is 11.0. The van der Waals surface area contributed by atoms with Crippen LogP contribution < -0.4 is 4.72 Å². The Hall–Kier alpha value is -1.09. The average molecular weight is 343 g/mol. The molecule has 1 N–H and O–H groups in total. The van der Waals surface area contributed by atoms with Crippen LogP contribution in [0.1, 0.15) is 0 Å². The lowest BCUT2D eigenvalue weighted by Crippen LogP contribution is -2.15. The summed E-state index contributed by atoms with van der Waals surface area (Å²) in [5.41, 5.74) is -0.132. The fraction of sp³-hybridized carbons (Fsp3) is 0.125. The predicted molar refractivity (Wildman–Crippen MR) is 71.1 cm³/mol. The summed E-state index contributed by atoms with van der Waals surface area (Å²) in [6.45, 7) is 0. The van der Waals surface area contributed by atoms with Crippen molar-refractivity contribution in [2.45, 2.75) is 5.03 Å². The van der Waals surface area contributed by atoms with E-state index in [1.54, 1.807) is 7.05 Å². The van der Waals surface area contributed by atoms with Gasteiger partial charge in [0.1, 0.15) is 17.2 Å². The first-order valence-electron chi connectivity index (χ1n) is 4.68. The molecule has 0 spiro atoms. The normalized spacial score (nSPS) is 11.6. The molecule has 0 amide bonds. The van der Waals surface area contributed by atoms with Gasteiger partial charge in [-0.25, -0.2) is 15.0 Å². The highest BCUT2D eigenvalue weighted by Gasteiger charge is 2.25. The quantitative estimate of drug-likeness (QED) is 0.861. The second-order valence-corrected chi connectivity index (χ2v) is 6.06. The predicted octanol–water partition coefficient (Wildman–Crippen LogP) is 1.97. The van der Waals surface area contributed by atoms with Crippen molar-refractivity contribution in [2.24, 2.45) is 7.05 Å². The molecule has 2 aromatic heterocycles. The number of halogens is 3. The van der Waals surface area contributed by atoms with Gasteiger partial charge in [-0.15, -0.1) is 0 Å². The van der Waals surface area contributed by atoms with E-state index in [0.29, 0.717) is 0 Å². The van der Waals surface area contributed by atoms with Crippen LogP contribution in [0.25, 0.3) is 0 Å². The highest BCUT2D eigenvalue weighted by molar-refractivity contribution is 7.92. The second-order valence-electron chi connectivity index (χ2n) is 3.39. The lowest BCUT2D eigenvalue weighted by atomic mass is 10.6. The zero-order valence-electron chi connectivity index (χ0n) is 9.30. The molecule has 0 aromatic carbocycles. The fourth-order valence-corrected chi connectivity index (χ4v) is 3.21. The van der Waals surface area contributed by atoms with Crippen molar-refractivity contribution in [3.63, 3.8) is 0 Å². The molecule has 0 fully saturated rings. The zero-order valence-corrected chi connectivity index (χ0v) is 12.4. The number of nitrogens with one attached hydrogen (secondary N) is 1. The van der Waals surface area contributed by atoms with E-state index < -0.39 is 10.0 Å². The van der Waals surface area contributed by atoms with E-state index in [2.05, 4.69) is 19.7 Å². The molecule has 11 heteroatoms. The van der Waals surface area contributed by atoms with E-state index in [9.17, 15) is 8.42 Å². The number of hydrogen-bond donors (Lipinski definition) is 1. The molecule has 0 radical (unpaired) electrons. The summed E-state index contributed by atoms with van der Waals surface area (Å²) in [6, 6.07) is 0. The van der Waals surface area contributed by atoms with Gasteiger partial charge in [-0.2, -0.15) is 8.42 Å². The van der Waals surface area contributed by atoms with Crippen LogP contribution >= 0.6 is 34.8 Å². The minimum absolute atomic E-state index is 0.0448. The molecule has 2 rings (SSSR count). The molecule has 19 heavy (non-hydrogen) atoms. The average Bonchev–Trinajstić information content (AvgIpc) is 2.66. The lowest BCUT2D eigenvalue weighted by Gasteiger charge is -2.08. The molecule has 0 aliphatic heterocycles. The molecular weight excluding hydrogens is 337 g/mol. The van der Waals surface area contributed by atoms with Crippen LogP contribution in [0.4, 0.5) is 5.69 Å². The number of sulfonamides is 1. The van der Waals surface area contributed by atoms with Gasteiger partial charge >= 0.3 is 0 Å². The van der Waals surface area contributed by atoms with Gasteiger partial charge in [0.2, 0.25) is 5.03 Å². The molecule has 0 saturated carbocycles. The zero-order chi connectivity index (χ0) is 14.2. The Balaban J connectivity index is 2.46. The maximum absolute atomic E-state index is 12.1. The minimum Gasteiger partial charge on any atom is -0.324 e. The number of aromatic nitrogens is 4. The molecule has 2 heterocycles.